The summed E-state index contributed by atoms with van der Waals surface area (Å²) in [7, 11) is 0. The topological polar surface area (TPSA) is 55.4 Å². The molecule has 152 valence electrons. The summed E-state index contributed by atoms with van der Waals surface area (Å²) >= 11 is 0. The van der Waals surface area contributed by atoms with Crippen molar-refractivity contribution < 1.29 is 14.3 Å². The van der Waals surface area contributed by atoms with Gasteiger partial charge in [0.1, 0.15) is 11.9 Å². The van der Waals surface area contributed by atoms with E-state index < -0.39 is 17.7 Å². The number of carbonyl (C=O) groups is 2. The number of aldehydes is 1. The van der Waals surface area contributed by atoms with Gasteiger partial charge in [0.15, 0.2) is 0 Å². The Balaban J connectivity index is 2.77. The lowest BCUT2D eigenvalue weighted by molar-refractivity contribution is -0.110. The van der Waals surface area contributed by atoms with Gasteiger partial charge in [-0.05, 0) is 62.0 Å². The van der Waals surface area contributed by atoms with Crippen molar-refractivity contribution in [2.75, 3.05) is 0 Å². The largest absolute Gasteiger partial charge is 0.444 e. The highest BCUT2D eigenvalue weighted by Crippen LogP contribution is 2.26. The first-order valence-electron chi connectivity index (χ1n) is 9.86. The van der Waals surface area contributed by atoms with Crippen LogP contribution in [0.2, 0.25) is 0 Å². The summed E-state index contributed by atoms with van der Waals surface area (Å²) in [5, 5.41) is 2.69. The third-order valence-corrected chi connectivity index (χ3v) is 4.68. The number of benzene rings is 1. The van der Waals surface area contributed by atoms with Crippen LogP contribution >= 0.6 is 0 Å². The molecular weight excluding hydrogens is 338 g/mol. The Bertz CT molecular complexity index is 606. The van der Waals surface area contributed by atoms with Gasteiger partial charge in [0, 0.05) is 0 Å². The van der Waals surface area contributed by atoms with E-state index in [1.165, 1.54) is 11.1 Å². The van der Waals surface area contributed by atoms with E-state index in [1.54, 1.807) is 20.8 Å². The molecule has 2 atom stereocenters. The molecule has 0 bridgehead atoms. The second-order valence-electron chi connectivity index (χ2n) is 9.78. The summed E-state index contributed by atoms with van der Waals surface area (Å²) < 4.78 is 5.27. The molecule has 1 rings (SSSR count). The zero-order valence-electron chi connectivity index (χ0n) is 18.3. The van der Waals surface area contributed by atoms with Crippen LogP contribution in [0.25, 0.3) is 0 Å². The molecule has 1 aromatic rings. The number of hydrogen-bond donors (Lipinski definition) is 1. The Morgan fingerprint density at radius 3 is 2.04 bits per heavy atom. The highest BCUT2D eigenvalue weighted by atomic mass is 16.6. The average Bonchev–Trinajstić information content (AvgIpc) is 2.51. The van der Waals surface area contributed by atoms with Crippen LogP contribution in [-0.4, -0.2) is 24.0 Å². The molecule has 1 aromatic carbocycles. The Kier molecular flexibility index (Phi) is 8.06. The molecule has 0 aliphatic carbocycles. The highest BCUT2D eigenvalue weighted by molar-refractivity contribution is 5.73. The average molecular weight is 376 g/mol. The highest BCUT2D eigenvalue weighted by Gasteiger charge is 2.24. The normalized spacial score (nSPS) is 14.6. The van der Waals surface area contributed by atoms with Crippen molar-refractivity contribution in [1.29, 1.82) is 0 Å². The Labute approximate surface area is 165 Å². The minimum atomic E-state index is -0.580. The zero-order chi connectivity index (χ0) is 20.8. The van der Waals surface area contributed by atoms with Crippen LogP contribution in [0.1, 0.15) is 72.9 Å². The van der Waals surface area contributed by atoms with Crippen molar-refractivity contribution in [2.24, 2.45) is 11.8 Å². The van der Waals surface area contributed by atoms with Gasteiger partial charge < -0.3 is 14.8 Å². The second kappa shape index (κ2) is 9.38. The van der Waals surface area contributed by atoms with Crippen molar-refractivity contribution in [3.05, 3.63) is 35.4 Å². The summed E-state index contributed by atoms with van der Waals surface area (Å²) in [6.45, 7) is 16.3. The molecule has 0 spiro atoms. The zero-order valence-corrected chi connectivity index (χ0v) is 18.3. The fraction of sp³-hybridized carbons (Fsp3) is 0.652. The summed E-state index contributed by atoms with van der Waals surface area (Å²) in [4.78, 5) is 23.5. The minimum absolute atomic E-state index is 0.135. The van der Waals surface area contributed by atoms with E-state index in [0.29, 0.717) is 12.3 Å². The fourth-order valence-electron chi connectivity index (χ4n) is 2.97. The number of rotatable bonds is 7. The van der Waals surface area contributed by atoms with Crippen LogP contribution in [0, 0.1) is 11.8 Å². The van der Waals surface area contributed by atoms with Gasteiger partial charge in [-0.15, -0.1) is 0 Å². The van der Waals surface area contributed by atoms with Gasteiger partial charge in [0.05, 0.1) is 6.04 Å². The first-order valence-corrected chi connectivity index (χ1v) is 9.86. The van der Waals surface area contributed by atoms with Gasteiger partial charge in [-0.25, -0.2) is 4.79 Å². The lowest BCUT2D eigenvalue weighted by Gasteiger charge is -2.26. The number of nitrogens with one attached hydrogen (secondary N) is 1. The monoisotopic (exact) mass is 375 g/mol. The van der Waals surface area contributed by atoms with E-state index in [1.807, 2.05) is 0 Å². The maximum atomic E-state index is 12.0. The molecule has 1 N–H and O–H groups in total. The van der Waals surface area contributed by atoms with Crippen molar-refractivity contribution in [1.82, 2.24) is 5.32 Å². The fourth-order valence-corrected chi connectivity index (χ4v) is 2.97. The van der Waals surface area contributed by atoms with Gasteiger partial charge in [0.25, 0.3) is 0 Å². The quantitative estimate of drug-likeness (QED) is 0.660. The number of alkyl carbamates (subject to hydrolysis) is 1. The van der Waals surface area contributed by atoms with E-state index in [9.17, 15) is 9.59 Å². The smallest absolute Gasteiger partial charge is 0.408 e. The molecule has 27 heavy (non-hydrogen) atoms. The number of ether oxygens (including phenoxy) is 1. The Hall–Kier alpha value is -1.84. The Morgan fingerprint density at radius 1 is 1.07 bits per heavy atom. The summed E-state index contributed by atoms with van der Waals surface area (Å²) in [5.74, 6) is 0.686. The minimum Gasteiger partial charge on any atom is -0.444 e. The van der Waals surface area contributed by atoms with Crippen molar-refractivity contribution >= 4 is 12.4 Å². The molecule has 0 aliphatic rings. The van der Waals surface area contributed by atoms with Crippen LogP contribution in [0.4, 0.5) is 4.79 Å². The Morgan fingerprint density at radius 2 is 1.63 bits per heavy atom. The first kappa shape index (κ1) is 23.2. The van der Waals surface area contributed by atoms with Gasteiger partial charge in [-0.2, -0.15) is 0 Å². The lowest BCUT2D eigenvalue weighted by atomic mass is 9.82. The molecule has 0 aliphatic heterocycles. The molecule has 0 fully saturated rings. The molecule has 1 amide bonds. The van der Waals surface area contributed by atoms with E-state index in [-0.39, 0.29) is 11.3 Å². The molecule has 0 saturated heterocycles. The van der Waals surface area contributed by atoms with Crippen molar-refractivity contribution in [2.45, 2.75) is 85.3 Å². The molecular formula is C23H37NO3. The lowest BCUT2D eigenvalue weighted by Crippen LogP contribution is -2.41. The van der Waals surface area contributed by atoms with Crippen LogP contribution in [0.15, 0.2) is 24.3 Å². The molecule has 4 nitrogen and oxygen atoms in total. The summed E-state index contributed by atoms with van der Waals surface area (Å²) in [6.07, 6.45) is 1.74. The van der Waals surface area contributed by atoms with Crippen LogP contribution in [-0.2, 0) is 21.4 Å². The maximum absolute atomic E-state index is 12.0. The standard InChI is InChI=1S/C23H37NO3/c1-16(2)18(13-17-9-11-19(12-10-17)22(3,4)5)14-20(15-25)24-21(26)27-23(6,7)8/h9-12,15-16,18,20H,13-14H2,1-8H3,(H,24,26)/t18-,20-/m0/s1. The van der Waals surface area contributed by atoms with Crippen LogP contribution in [0.5, 0.6) is 0 Å². The van der Waals surface area contributed by atoms with E-state index in [2.05, 4.69) is 64.2 Å². The molecule has 0 aromatic heterocycles. The third-order valence-electron chi connectivity index (χ3n) is 4.68. The summed E-state index contributed by atoms with van der Waals surface area (Å²) in [6, 6.07) is 8.17. The van der Waals surface area contributed by atoms with Crippen molar-refractivity contribution in [3.63, 3.8) is 0 Å². The van der Waals surface area contributed by atoms with Crippen LogP contribution < -0.4 is 5.32 Å². The molecule has 0 saturated carbocycles. The molecule has 4 heteroatoms. The van der Waals surface area contributed by atoms with E-state index in [4.69, 9.17) is 4.74 Å². The van der Waals surface area contributed by atoms with Crippen LogP contribution in [0.3, 0.4) is 0 Å². The first-order chi connectivity index (χ1) is 12.3. The number of hydrogen-bond acceptors (Lipinski definition) is 3. The molecule has 0 unspecified atom stereocenters. The predicted octanol–water partition coefficient (Wildman–Crippen LogP) is 5.28. The second-order valence-corrected chi connectivity index (χ2v) is 9.78. The van der Waals surface area contributed by atoms with Crippen molar-refractivity contribution in [3.8, 4) is 0 Å². The third kappa shape index (κ3) is 8.59. The predicted molar refractivity (Wildman–Crippen MR) is 111 cm³/mol. The molecule has 0 radical (unpaired) electrons. The summed E-state index contributed by atoms with van der Waals surface area (Å²) in [5.41, 5.74) is 2.12. The molecule has 0 heterocycles. The van der Waals surface area contributed by atoms with Gasteiger partial charge in [-0.3, -0.25) is 0 Å². The van der Waals surface area contributed by atoms with Gasteiger partial charge >= 0.3 is 6.09 Å². The SMILES string of the molecule is CC(C)[C@@H](Cc1ccc(C(C)(C)C)cc1)C[C@@H](C=O)NC(=O)OC(C)(C)C. The van der Waals surface area contributed by atoms with Gasteiger partial charge in [-0.1, -0.05) is 58.9 Å². The maximum Gasteiger partial charge on any atom is 0.408 e. The number of carbonyl (C=O) groups excluding carboxylic acids is 2. The van der Waals surface area contributed by atoms with Gasteiger partial charge in [0.2, 0.25) is 0 Å². The number of amides is 1. The van der Waals surface area contributed by atoms with E-state index >= 15 is 0 Å². The van der Waals surface area contributed by atoms with E-state index in [0.717, 1.165) is 12.7 Å².